The van der Waals surface area contributed by atoms with Crippen LogP contribution in [0.3, 0.4) is 0 Å². The van der Waals surface area contributed by atoms with E-state index in [4.69, 9.17) is 4.74 Å². The first-order valence-corrected chi connectivity index (χ1v) is 11.9. The smallest absolute Gasteiger partial charge is 0.255 e. The van der Waals surface area contributed by atoms with Gasteiger partial charge in [-0.05, 0) is 54.3 Å². The molecule has 8 heteroatoms. The van der Waals surface area contributed by atoms with Gasteiger partial charge in [-0.2, -0.15) is 5.26 Å². The summed E-state index contributed by atoms with van der Waals surface area (Å²) in [6.07, 6.45) is 3.82. The number of rotatable bonds is 4. The lowest BCUT2D eigenvalue weighted by Gasteiger charge is -2.29. The first-order valence-electron chi connectivity index (χ1n) is 11.9. The van der Waals surface area contributed by atoms with Crippen LogP contribution in [0, 0.1) is 23.0 Å². The number of aromatic nitrogens is 1. The molecule has 178 valence electrons. The van der Waals surface area contributed by atoms with E-state index in [-0.39, 0.29) is 23.6 Å². The van der Waals surface area contributed by atoms with Gasteiger partial charge in [0.1, 0.15) is 17.7 Å². The minimum absolute atomic E-state index is 0.0352. The number of benzene rings is 2. The van der Waals surface area contributed by atoms with Gasteiger partial charge in [0.25, 0.3) is 5.91 Å². The fourth-order valence-electron chi connectivity index (χ4n) is 5.50. The van der Waals surface area contributed by atoms with Crippen LogP contribution in [-0.4, -0.2) is 41.7 Å². The third-order valence-corrected chi connectivity index (χ3v) is 7.30. The number of hydrogen-bond donors (Lipinski definition) is 0. The first kappa shape index (κ1) is 21.8. The molecule has 0 N–H and O–H groups in total. The van der Waals surface area contributed by atoms with Gasteiger partial charge in [-0.25, -0.2) is 8.78 Å². The summed E-state index contributed by atoms with van der Waals surface area (Å²) in [5.41, 5.74) is 3.80. The van der Waals surface area contributed by atoms with Crippen molar-refractivity contribution in [2.24, 2.45) is 0 Å². The average molecular weight is 475 g/mol. The number of ether oxygens (including phenoxy) is 1. The van der Waals surface area contributed by atoms with E-state index in [1.54, 1.807) is 18.2 Å². The van der Waals surface area contributed by atoms with Crippen LogP contribution in [0.1, 0.15) is 39.6 Å². The maximum atomic E-state index is 15.2. The lowest BCUT2D eigenvalue weighted by Crippen LogP contribution is -2.36. The number of nitrogens with zero attached hydrogens (tertiary/aromatic N) is 4. The molecule has 1 fully saturated rings. The number of morpholine rings is 1. The van der Waals surface area contributed by atoms with Crippen LogP contribution in [0.4, 0.5) is 14.5 Å². The molecule has 0 spiro atoms. The Morgan fingerprint density at radius 3 is 2.57 bits per heavy atom. The second kappa shape index (κ2) is 8.51. The number of fused-ring (bicyclic) bond motifs is 2. The molecule has 1 aromatic heterocycles. The number of carbonyl (C=O) groups excluding carboxylic acids is 1. The molecule has 35 heavy (non-hydrogen) atoms. The molecule has 0 aliphatic carbocycles. The summed E-state index contributed by atoms with van der Waals surface area (Å²) in [7, 11) is 0. The molecule has 6 nitrogen and oxygen atoms in total. The number of aryl methyl sites for hydroxylation is 1. The normalized spacial score (nSPS) is 17.9. The number of nitriles is 1. The van der Waals surface area contributed by atoms with Crippen LogP contribution in [0.2, 0.25) is 0 Å². The van der Waals surface area contributed by atoms with Gasteiger partial charge < -0.3 is 19.1 Å². The number of amides is 1. The van der Waals surface area contributed by atoms with Gasteiger partial charge in [-0.1, -0.05) is 6.07 Å². The number of anilines is 1. The van der Waals surface area contributed by atoms with Crippen LogP contribution in [0.25, 0.3) is 11.1 Å². The molecule has 0 radical (unpaired) electrons. The van der Waals surface area contributed by atoms with Gasteiger partial charge in [0.05, 0.1) is 31.5 Å². The molecule has 6 rings (SSSR count). The molecule has 1 amide bonds. The van der Waals surface area contributed by atoms with E-state index in [2.05, 4.69) is 10.6 Å². The van der Waals surface area contributed by atoms with E-state index < -0.39 is 17.7 Å². The Balaban J connectivity index is 1.31. The third-order valence-electron chi connectivity index (χ3n) is 7.30. The van der Waals surface area contributed by atoms with Crippen LogP contribution in [0.5, 0.6) is 0 Å². The van der Waals surface area contributed by atoms with Gasteiger partial charge in [0.15, 0.2) is 0 Å². The van der Waals surface area contributed by atoms with Gasteiger partial charge in [-0.15, -0.1) is 0 Å². The zero-order valence-corrected chi connectivity index (χ0v) is 19.1. The molecule has 3 aliphatic rings. The molecular weight excluding hydrogens is 450 g/mol. The quantitative estimate of drug-likeness (QED) is 0.561. The lowest BCUT2D eigenvalue weighted by molar-refractivity contribution is 0.0740. The lowest BCUT2D eigenvalue weighted by atomic mass is 9.99. The maximum absolute atomic E-state index is 15.2. The van der Waals surface area contributed by atoms with Crippen molar-refractivity contribution in [1.82, 2.24) is 9.47 Å². The number of halogens is 2. The largest absolute Gasteiger partial charge is 0.378 e. The third kappa shape index (κ3) is 3.58. The van der Waals surface area contributed by atoms with E-state index in [0.29, 0.717) is 43.1 Å². The predicted octanol–water partition coefficient (Wildman–Crippen LogP) is 4.44. The summed E-state index contributed by atoms with van der Waals surface area (Å²) < 4.78 is 37.6. The molecule has 0 bridgehead atoms. The van der Waals surface area contributed by atoms with Crippen molar-refractivity contribution >= 4 is 11.6 Å². The fourth-order valence-corrected chi connectivity index (χ4v) is 5.50. The standard InChI is InChI=1S/C27H24F2N4O2/c28-22-14-18(17-3-4-25(23(29)13-17)32-8-10-35-11-9-32)12-20-21(22)16-33(27(20)34)26(15-30)19-5-7-31-6-1-2-24(19)31/h3-5,7,12-14,26H,1-2,6,8-11,16H2. The monoisotopic (exact) mass is 474 g/mol. The highest BCUT2D eigenvalue weighted by Gasteiger charge is 2.37. The minimum atomic E-state index is -0.780. The van der Waals surface area contributed by atoms with Crippen molar-refractivity contribution in [2.45, 2.75) is 32.0 Å². The van der Waals surface area contributed by atoms with E-state index in [1.165, 1.54) is 17.0 Å². The molecule has 3 aromatic rings. The molecule has 2 aromatic carbocycles. The maximum Gasteiger partial charge on any atom is 0.255 e. The van der Waals surface area contributed by atoms with Crippen molar-refractivity contribution in [2.75, 3.05) is 31.2 Å². The Morgan fingerprint density at radius 1 is 1.00 bits per heavy atom. The van der Waals surface area contributed by atoms with Crippen LogP contribution in [0.15, 0.2) is 42.6 Å². The Labute approximate surface area is 201 Å². The summed E-state index contributed by atoms with van der Waals surface area (Å²) in [6, 6.07) is 11.1. The molecule has 0 saturated carbocycles. The summed E-state index contributed by atoms with van der Waals surface area (Å²) in [5, 5.41) is 9.95. The summed E-state index contributed by atoms with van der Waals surface area (Å²) in [5.74, 6) is -1.30. The van der Waals surface area contributed by atoms with Crippen molar-refractivity contribution in [3.8, 4) is 17.2 Å². The highest BCUT2D eigenvalue weighted by molar-refractivity contribution is 6.00. The minimum Gasteiger partial charge on any atom is -0.378 e. The van der Waals surface area contributed by atoms with Crippen molar-refractivity contribution in [3.05, 3.63) is 76.6 Å². The molecule has 1 unspecified atom stereocenters. The number of carbonyl (C=O) groups is 1. The Bertz CT molecular complexity index is 1370. The van der Waals surface area contributed by atoms with E-state index in [1.807, 2.05) is 17.2 Å². The van der Waals surface area contributed by atoms with Crippen molar-refractivity contribution in [3.63, 3.8) is 0 Å². The van der Waals surface area contributed by atoms with Crippen LogP contribution >= 0.6 is 0 Å². The second-order valence-electron chi connectivity index (χ2n) is 9.23. The van der Waals surface area contributed by atoms with Gasteiger partial charge in [0.2, 0.25) is 0 Å². The van der Waals surface area contributed by atoms with E-state index in [0.717, 1.165) is 30.6 Å². The summed E-state index contributed by atoms with van der Waals surface area (Å²) >= 11 is 0. The number of hydrogen-bond acceptors (Lipinski definition) is 4. The van der Waals surface area contributed by atoms with Crippen LogP contribution < -0.4 is 4.90 Å². The SMILES string of the molecule is N#CC(c1ccn2c1CCC2)N1Cc2c(F)cc(-c3ccc(N4CCOCC4)c(F)c3)cc2C1=O. The van der Waals surface area contributed by atoms with E-state index in [9.17, 15) is 14.4 Å². The topological polar surface area (TPSA) is 61.5 Å². The predicted molar refractivity (Wildman–Crippen MR) is 126 cm³/mol. The molecular formula is C27H24F2N4O2. The zero-order valence-electron chi connectivity index (χ0n) is 19.1. The summed E-state index contributed by atoms with van der Waals surface area (Å²) in [4.78, 5) is 16.7. The highest BCUT2D eigenvalue weighted by atomic mass is 19.1. The average Bonchev–Trinajstić information content (AvgIpc) is 3.57. The first-order chi connectivity index (χ1) is 17.0. The van der Waals surface area contributed by atoms with E-state index >= 15 is 4.39 Å². The van der Waals surface area contributed by atoms with Crippen molar-refractivity contribution < 1.29 is 18.3 Å². The highest BCUT2D eigenvalue weighted by Crippen LogP contribution is 2.38. The van der Waals surface area contributed by atoms with Gasteiger partial charge in [-0.3, -0.25) is 4.79 Å². The molecule has 4 heterocycles. The summed E-state index contributed by atoms with van der Waals surface area (Å²) in [6.45, 7) is 3.25. The Kier molecular flexibility index (Phi) is 5.30. The van der Waals surface area contributed by atoms with Crippen molar-refractivity contribution in [1.29, 1.82) is 5.26 Å². The van der Waals surface area contributed by atoms with Gasteiger partial charge >= 0.3 is 0 Å². The molecule has 1 saturated heterocycles. The molecule has 1 atom stereocenters. The zero-order chi connectivity index (χ0) is 24.1. The Morgan fingerprint density at radius 2 is 1.80 bits per heavy atom. The fraction of sp³-hybridized carbons (Fsp3) is 0.333. The molecule has 3 aliphatic heterocycles. The second-order valence-corrected chi connectivity index (χ2v) is 9.23. The van der Waals surface area contributed by atoms with Gasteiger partial charge in [0, 0.05) is 48.2 Å². The van der Waals surface area contributed by atoms with Crippen LogP contribution in [-0.2, 0) is 24.2 Å². The Hall–Kier alpha value is -3.70.